The van der Waals surface area contributed by atoms with E-state index >= 15 is 0 Å². The summed E-state index contributed by atoms with van der Waals surface area (Å²) in [5, 5.41) is 0. The van der Waals surface area contributed by atoms with Crippen molar-refractivity contribution in [1.82, 2.24) is 9.80 Å². The van der Waals surface area contributed by atoms with Crippen LogP contribution in [0, 0.1) is 5.92 Å². The number of hydrogen-bond donors (Lipinski definition) is 0. The third kappa shape index (κ3) is 4.37. The Morgan fingerprint density at radius 1 is 1.08 bits per heavy atom. The van der Waals surface area contributed by atoms with Gasteiger partial charge in [0.1, 0.15) is 0 Å². The first kappa shape index (κ1) is 17.4. The van der Waals surface area contributed by atoms with Gasteiger partial charge in [0.2, 0.25) is 0 Å². The van der Waals surface area contributed by atoms with Gasteiger partial charge in [0.25, 0.3) is 5.91 Å². The Morgan fingerprint density at radius 3 is 2.38 bits per heavy atom. The number of rotatable bonds is 5. The van der Waals surface area contributed by atoms with Crippen molar-refractivity contribution in [3.05, 3.63) is 35.9 Å². The quantitative estimate of drug-likeness (QED) is 0.832. The molecule has 1 unspecified atom stereocenters. The fraction of sp³-hybridized carbons (Fsp3) is 0.650. The van der Waals surface area contributed by atoms with E-state index in [1.165, 1.54) is 38.6 Å². The van der Waals surface area contributed by atoms with E-state index in [-0.39, 0.29) is 5.91 Å². The fourth-order valence-electron chi connectivity index (χ4n) is 4.06. The van der Waals surface area contributed by atoms with Crippen molar-refractivity contribution < 1.29 is 9.53 Å². The van der Waals surface area contributed by atoms with Crippen molar-refractivity contribution in [2.75, 3.05) is 39.8 Å². The second kappa shape index (κ2) is 8.63. The molecule has 1 saturated carbocycles. The number of ether oxygens (including phenoxy) is 1. The SMILES string of the molecule is COC(C(=O)N1CCN(CC2CCCCC2)CC1)c1ccccc1. The van der Waals surface area contributed by atoms with Gasteiger partial charge in [0, 0.05) is 39.8 Å². The summed E-state index contributed by atoms with van der Waals surface area (Å²) in [6.07, 6.45) is 6.51. The van der Waals surface area contributed by atoms with E-state index in [4.69, 9.17) is 4.74 Å². The summed E-state index contributed by atoms with van der Waals surface area (Å²) >= 11 is 0. The molecule has 0 bridgehead atoms. The summed E-state index contributed by atoms with van der Waals surface area (Å²) < 4.78 is 5.49. The summed E-state index contributed by atoms with van der Waals surface area (Å²) in [6.45, 7) is 4.84. The number of carbonyl (C=O) groups excluding carboxylic acids is 1. The lowest BCUT2D eigenvalue weighted by atomic mass is 9.89. The molecule has 4 nitrogen and oxygen atoms in total. The molecule has 0 N–H and O–H groups in total. The van der Waals surface area contributed by atoms with Crippen LogP contribution in [0.15, 0.2) is 30.3 Å². The standard InChI is InChI=1S/C20H30N2O2/c1-24-19(18-10-6-3-7-11-18)20(23)22-14-12-21(13-15-22)16-17-8-4-2-5-9-17/h3,6-7,10-11,17,19H,2,4-5,8-9,12-16H2,1H3. The van der Waals surface area contributed by atoms with E-state index in [9.17, 15) is 4.79 Å². The van der Waals surface area contributed by atoms with E-state index < -0.39 is 6.10 Å². The minimum Gasteiger partial charge on any atom is -0.367 e. The predicted molar refractivity (Wildman–Crippen MR) is 95.8 cm³/mol. The first-order valence-corrected chi connectivity index (χ1v) is 9.37. The molecular weight excluding hydrogens is 300 g/mol. The number of carbonyl (C=O) groups is 1. The minimum atomic E-state index is -0.476. The van der Waals surface area contributed by atoms with E-state index in [0.717, 1.165) is 37.7 Å². The molecule has 3 rings (SSSR count). The van der Waals surface area contributed by atoms with E-state index in [2.05, 4.69) is 4.90 Å². The van der Waals surface area contributed by atoms with Crippen molar-refractivity contribution in [2.24, 2.45) is 5.92 Å². The molecule has 0 radical (unpaired) electrons. The lowest BCUT2D eigenvalue weighted by Gasteiger charge is -2.38. The van der Waals surface area contributed by atoms with Crippen molar-refractivity contribution in [3.63, 3.8) is 0 Å². The molecule has 1 heterocycles. The molecule has 1 amide bonds. The zero-order valence-electron chi connectivity index (χ0n) is 14.8. The summed E-state index contributed by atoms with van der Waals surface area (Å²) in [5.41, 5.74) is 0.939. The average Bonchev–Trinajstić information content (AvgIpc) is 2.65. The van der Waals surface area contributed by atoms with Gasteiger partial charge < -0.3 is 9.64 Å². The first-order chi connectivity index (χ1) is 11.8. The van der Waals surface area contributed by atoms with Crippen LogP contribution < -0.4 is 0 Å². The zero-order chi connectivity index (χ0) is 16.8. The maximum absolute atomic E-state index is 12.8. The van der Waals surface area contributed by atoms with Crippen molar-refractivity contribution in [1.29, 1.82) is 0 Å². The topological polar surface area (TPSA) is 32.8 Å². The molecule has 2 fully saturated rings. The average molecular weight is 330 g/mol. The smallest absolute Gasteiger partial charge is 0.256 e. The van der Waals surface area contributed by atoms with Gasteiger partial charge in [-0.2, -0.15) is 0 Å². The molecule has 4 heteroatoms. The number of amides is 1. The van der Waals surface area contributed by atoms with Gasteiger partial charge in [-0.25, -0.2) is 0 Å². The largest absolute Gasteiger partial charge is 0.367 e. The molecule has 0 aromatic heterocycles. The van der Waals surface area contributed by atoms with Gasteiger partial charge in [0.05, 0.1) is 0 Å². The predicted octanol–water partition coefficient (Wildman–Crippen LogP) is 3.10. The molecule has 1 aromatic carbocycles. The first-order valence-electron chi connectivity index (χ1n) is 9.37. The van der Waals surface area contributed by atoms with Gasteiger partial charge in [-0.05, 0) is 24.3 Å². The third-order valence-corrected chi connectivity index (χ3v) is 5.49. The Bertz CT molecular complexity index is 506. The van der Waals surface area contributed by atoms with Gasteiger partial charge >= 0.3 is 0 Å². The second-order valence-electron chi connectivity index (χ2n) is 7.16. The van der Waals surface area contributed by atoms with Crippen LogP contribution in [0.1, 0.15) is 43.8 Å². The molecule has 1 aliphatic heterocycles. The lowest BCUT2D eigenvalue weighted by Crippen LogP contribution is -2.51. The number of methoxy groups -OCH3 is 1. The van der Waals surface area contributed by atoms with E-state index in [0.29, 0.717) is 0 Å². The number of nitrogens with zero attached hydrogens (tertiary/aromatic N) is 2. The van der Waals surface area contributed by atoms with E-state index in [1.807, 2.05) is 35.2 Å². The van der Waals surface area contributed by atoms with Crippen LogP contribution in [0.5, 0.6) is 0 Å². The molecular formula is C20H30N2O2. The molecule has 2 aliphatic rings. The number of piperazine rings is 1. The Hall–Kier alpha value is -1.39. The highest BCUT2D eigenvalue weighted by Gasteiger charge is 2.29. The summed E-state index contributed by atoms with van der Waals surface area (Å²) in [5.74, 6) is 0.970. The Morgan fingerprint density at radius 2 is 1.75 bits per heavy atom. The van der Waals surface area contributed by atoms with Gasteiger partial charge in [-0.3, -0.25) is 9.69 Å². The molecule has 1 saturated heterocycles. The van der Waals surface area contributed by atoms with Crippen LogP contribution in [0.4, 0.5) is 0 Å². The Labute approximate surface area is 145 Å². The monoisotopic (exact) mass is 330 g/mol. The maximum atomic E-state index is 12.8. The summed E-state index contributed by atoms with van der Waals surface area (Å²) in [7, 11) is 1.62. The van der Waals surface area contributed by atoms with Crippen LogP contribution in [0.2, 0.25) is 0 Å². The van der Waals surface area contributed by atoms with Crippen molar-refractivity contribution in [3.8, 4) is 0 Å². The molecule has 1 aliphatic carbocycles. The summed E-state index contributed by atoms with van der Waals surface area (Å²) in [6, 6.07) is 9.80. The van der Waals surface area contributed by atoms with Crippen LogP contribution in [-0.4, -0.2) is 55.5 Å². The molecule has 1 atom stereocenters. The highest BCUT2D eigenvalue weighted by molar-refractivity contribution is 5.82. The molecule has 0 spiro atoms. The third-order valence-electron chi connectivity index (χ3n) is 5.49. The highest BCUT2D eigenvalue weighted by Crippen LogP contribution is 2.25. The second-order valence-corrected chi connectivity index (χ2v) is 7.16. The van der Waals surface area contributed by atoms with Gasteiger partial charge in [0.15, 0.2) is 6.10 Å². The lowest BCUT2D eigenvalue weighted by molar-refractivity contribution is -0.144. The molecule has 24 heavy (non-hydrogen) atoms. The Kier molecular flexibility index (Phi) is 6.27. The Balaban J connectivity index is 1.51. The maximum Gasteiger partial charge on any atom is 0.256 e. The van der Waals surface area contributed by atoms with Gasteiger partial charge in [-0.15, -0.1) is 0 Å². The summed E-state index contributed by atoms with van der Waals surface area (Å²) in [4.78, 5) is 17.3. The molecule has 1 aromatic rings. The fourth-order valence-corrected chi connectivity index (χ4v) is 4.06. The number of hydrogen-bond acceptors (Lipinski definition) is 3. The normalized spacial score (nSPS) is 21.6. The van der Waals surface area contributed by atoms with Crippen LogP contribution in [0.3, 0.4) is 0 Å². The minimum absolute atomic E-state index is 0.0982. The van der Waals surface area contributed by atoms with Crippen LogP contribution >= 0.6 is 0 Å². The zero-order valence-corrected chi connectivity index (χ0v) is 14.8. The highest BCUT2D eigenvalue weighted by atomic mass is 16.5. The van der Waals surface area contributed by atoms with Crippen molar-refractivity contribution in [2.45, 2.75) is 38.2 Å². The number of benzene rings is 1. The van der Waals surface area contributed by atoms with E-state index in [1.54, 1.807) is 7.11 Å². The van der Waals surface area contributed by atoms with Crippen LogP contribution in [-0.2, 0) is 9.53 Å². The van der Waals surface area contributed by atoms with Crippen LogP contribution in [0.25, 0.3) is 0 Å². The van der Waals surface area contributed by atoms with Crippen molar-refractivity contribution >= 4 is 5.91 Å². The molecule has 132 valence electrons. The van der Waals surface area contributed by atoms with Gasteiger partial charge in [-0.1, -0.05) is 49.6 Å².